The summed E-state index contributed by atoms with van der Waals surface area (Å²) in [4.78, 5) is 13.6. The molecule has 3 aromatic rings. The summed E-state index contributed by atoms with van der Waals surface area (Å²) in [5, 5.41) is 22.7. The molecule has 1 heterocycles. The molecule has 142 valence electrons. The topological polar surface area (TPSA) is 69.6 Å². The molecule has 0 spiro atoms. The van der Waals surface area contributed by atoms with Crippen LogP contribution in [0.5, 0.6) is 11.5 Å². The maximum Gasteiger partial charge on any atom is 0.244 e. The zero-order valence-corrected chi connectivity index (χ0v) is 16.2. The molecule has 3 aromatic carbocycles. The molecule has 0 bridgehead atoms. The number of rotatable bonds is 2. The average molecular weight is 373 g/mol. The van der Waals surface area contributed by atoms with Gasteiger partial charge in [0.1, 0.15) is 16.9 Å². The Bertz CT molecular complexity index is 999. The van der Waals surface area contributed by atoms with Gasteiger partial charge >= 0.3 is 0 Å². The molecule has 0 unspecified atom stereocenters. The highest BCUT2D eigenvalue weighted by atomic mass is 16.3. The highest BCUT2D eigenvalue weighted by Crippen LogP contribution is 2.50. The van der Waals surface area contributed by atoms with Crippen LogP contribution in [0.2, 0.25) is 0 Å². The van der Waals surface area contributed by atoms with E-state index in [1.54, 1.807) is 48.5 Å². The first-order valence-electron chi connectivity index (χ1n) is 9.29. The van der Waals surface area contributed by atoms with Crippen LogP contribution in [0.25, 0.3) is 0 Å². The summed E-state index contributed by atoms with van der Waals surface area (Å²) in [7, 11) is 0. The standard InChI is InChI=1S/C24H23NO3/c1-23(2,3)19-5-4-6-20-21(19)25-22(28)24(20,15-7-11-17(26)12-8-15)16-9-13-18(27)14-10-16/h4-14,26-27H,1-3H3,(H,25,28). The molecule has 28 heavy (non-hydrogen) atoms. The molecule has 0 aromatic heterocycles. The van der Waals surface area contributed by atoms with Crippen molar-refractivity contribution < 1.29 is 15.0 Å². The molecule has 0 atom stereocenters. The van der Waals surface area contributed by atoms with Crippen LogP contribution in [0.1, 0.15) is 43.0 Å². The monoisotopic (exact) mass is 373 g/mol. The van der Waals surface area contributed by atoms with Crippen molar-refractivity contribution in [2.75, 3.05) is 5.32 Å². The second-order valence-corrected chi connectivity index (χ2v) is 8.28. The molecule has 1 aliphatic rings. The van der Waals surface area contributed by atoms with Gasteiger partial charge in [-0.05, 0) is 46.4 Å². The number of carbonyl (C=O) groups excluding carboxylic acids is 1. The number of para-hydroxylation sites is 1. The molecule has 3 N–H and O–H groups in total. The first-order valence-corrected chi connectivity index (χ1v) is 9.29. The van der Waals surface area contributed by atoms with Crippen LogP contribution in [0.4, 0.5) is 5.69 Å². The average Bonchev–Trinajstić information content (AvgIpc) is 2.95. The van der Waals surface area contributed by atoms with Crippen LogP contribution < -0.4 is 5.32 Å². The van der Waals surface area contributed by atoms with Gasteiger partial charge in [0.15, 0.2) is 0 Å². The van der Waals surface area contributed by atoms with Gasteiger partial charge < -0.3 is 15.5 Å². The van der Waals surface area contributed by atoms with Crippen molar-refractivity contribution in [2.45, 2.75) is 31.6 Å². The largest absolute Gasteiger partial charge is 0.508 e. The Morgan fingerprint density at radius 2 is 1.29 bits per heavy atom. The third kappa shape index (κ3) is 2.56. The summed E-state index contributed by atoms with van der Waals surface area (Å²) in [6.07, 6.45) is 0. The van der Waals surface area contributed by atoms with Gasteiger partial charge in [-0.1, -0.05) is 63.2 Å². The van der Waals surface area contributed by atoms with Crippen LogP contribution in [-0.4, -0.2) is 16.1 Å². The van der Waals surface area contributed by atoms with E-state index in [0.29, 0.717) is 0 Å². The van der Waals surface area contributed by atoms with Gasteiger partial charge in [0.25, 0.3) is 0 Å². The summed E-state index contributed by atoms with van der Waals surface area (Å²) in [5.74, 6) is 0.147. The van der Waals surface area contributed by atoms with Gasteiger partial charge in [-0.25, -0.2) is 0 Å². The fourth-order valence-electron chi connectivity index (χ4n) is 4.12. The molecule has 0 aliphatic carbocycles. The smallest absolute Gasteiger partial charge is 0.244 e. The van der Waals surface area contributed by atoms with Crippen LogP contribution >= 0.6 is 0 Å². The Hall–Kier alpha value is -3.27. The summed E-state index contributed by atoms with van der Waals surface area (Å²) >= 11 is 0. The minimum absolute atomic E-state index is 0.140. The predicted octanol–water partition coefficient (Wildman–Crippen LogP) is 4.68. The van der Waals surface area contributed by atoms with E-state index >= 15 is 0 Å². The summed E-state index contributed by atoms with van der Waals surface area (Å²) < 4.78 is 0. The van der Waals surface area contributed by atoms with Crippen LogP contribution in [0, 0.1) is 0 Å². The van der Waals surface area contributed by atoms with Gasteiger partial charge in [-0.2, -0.15) is 0 Å². The Balaban J connectivity index is 2.08. The Morgan fingerprint density at radius 1 is 0.786 bits per heavy atom. The lowest BCUT2D eigenvalue weighted by molar-refractivity contribution is -0.118. The van der Waals surface area contributed by atoms with Crippen LogP contribution in [0.15, 0.2) is 66.7 Å². The second kappa shape index (κ2) is 6.13. The zero-order valence-electron chi connectivity index (χ0n) is 16.2. The van der Waals surface area contributed by atoms with Crippen molar-refractivity contribution in [3.05, 3.63) is 89.0 Å². The summed E-state index contributed by atoms with van der Waals surface area (Å²) in [6.45, 7) is 6.36. The molecule has 0 saturated heterocycles. The van der Waals surface area contributed by atoms with E-state index in [0.717, 1.165) is 27.9 Å². The molecule has 4 nitrogen and oxygen atoms in total. The van der Waals surface area contributed by atoms with Crippen molar-refractivity contribution in [3.63, 3.8) is 0 Å². The molecule has 0 fully saturated rings. The maximum atomic E-state index is 13.6. The number of phenolic OH excluding ortho intramolecular Hbond substituents is 2. The molecule has 0 saturated carbocycles. The SMILES string of the molecule is CC(C)(C)c1cccc2c1NC(=O)C2(c1ccc(O)cc1)c1ccc(O)cc1. The van der Waals surface area contributed by atoms with Gasteiger partial charge in [0.05, 0.1) is 0 Å². The number of fused-ring (bicyclic) bond motifs is 1. The maximum absolute atomic E-state index is 13.6. The van der Waals surface area contributed by atoms with E-state index < -0.39 is 5.41 Å². The third-order valence-corrected chi connectivity index (χ3v) is 5.46. The summed E-state index contributed by atoms with van der Waals surface area (Å²) in [6, 6.07) is 19.5. The fraction of sp³-hybridized carbons (Fsp3) is 0.208. The minimum Gasteiger partial charge on any atom is -0.508 e. The van der Waals surface area contributed by atoms with Crippen LogP contribution in [-0.2, 0) is 15.6 Å². The van der Waals surface area contributed by atoms with E-state index in [1.165, 1.54) is 0 Å². The first kappa shape index (κ1) is 18.1. The number of nitrogens with one attached hydrogen (secondary N) is 1. The number of anilines is 1. The lowest BCUT2D eigenvalue weighted by Gasteiger charge is -2.30. The van der Waals surface area contributed by atoms with Crippen molar-refractivity contribution in [1.29, 1.82) is 0 Å². The molecule has 4 rings (SSSR count). The van der Waals surface area contributed by atoms with E-state index in [9.17, 15) is 15.0 Å². The van der Waals surface area contributed by atoms with Crippen molar-refractivity contribution in [2.24, 2.45) is 0 Å². The quantitative estimate of drug-likeness (QED) is 0.611. The van der Waals surface area contributed by atoms with Gasteiger partial charge in [0, 0.05) is 11.3 Å². The molecular weight excluding hydrogens is 350 g/mol. The number of aromatic hydroxyl groups is 2. The lowest BCUT2D eigenvalue weighted by Crippen LogP contribution is -2.36. The molecule has 4 heteroatoms. The predicted molar refractivity (Wildman–Crippen MR) is 110 cm³/mol. The van der Waals surface area contributed by atoms with Gasteiger partial charge in [-0.3, -0.25) is 4.79 Å². The number of carbonyl (C=O) groups is 1. The van der Waals surface area contributed by atoms with E-state index in [-0.39, 0.29) is 22.8 Å². The minimum atomic E-state index is -1.06. The number of benzene rings is 3. The van der Waals surface area contributed by atoms with Gasteiger partial charge in [-0.15, -0.1) is 0 Å². The normalized spacial score (nSPS) is 15.2. The van der Waals surface area contributed by atoms with E-state index in [4.69, 9.17) is 0 Å². The number of hydrogen-bond acceptors (Lipinski definition) is 3. The van der Waals surface area contributed by atoms with E-state index in [2.05, 4.69) is 26.1 Å². The number of hydrogen-bond donors (Lipinski definition) is 3. The third-order valence-electron chi connectivity index (χ3n) is 5.46. The highest BCUT2D eigenvalue weighted by molar-refractivity contribution is 6.12. The molecule has 1 aliphatic heterocycles. The van der Waals surface area contributed by atoms with Crippen molar-refractivity contribution in [1.82, 2.24) is 0 Å². The van der Waals surface area contributed by atoms with Crippen molar-refractivity contribution in [3.8, 4) is 11.5 Å². The van der Waals surface area contributed by atoms with Gasteiger partial charge in [0.2, 0.25) is 5.91 Å². The second-order valence-electron chi connectivity index (χ2n) is 8.28. The highest BCUT2D eigenvalue weighted by Gasteiger charge is 2.50. The van der Waals surface area contributed by atoms with Crippen molar-refractivity contribution >= 4 is 11.6 Å². The Kier molecular flexibility index (Phi) is 3.96. The Morgan fingerprint density at radius 3 is 1.75 bits per heavy atom. The van der Waals surface area contributed by atoms with E-state index in [1.807, 2.05) is 18.2 Å². The Labute approximate surface area is 164 Å². The molecule has 0 radical (unpaired) electrons. The molecular formula is C24H23NO3. The fourth-order valence-corrected chi connectivity index (χ4v) is 4.12. The summed E-state index contributed by atoms with van der Waals surface area (Å²) in [5.41, 5.74) is 3.10. The number of phenols is 2. The zero-order chi connectivity index (χ0) is 20.1. The molecule has 1 amide bonds. The number of amides is 1. The first-order chi connectivity index (χ1) is 13.2. The van der Waals surface area contributed by atoms with Crippen LogP contribution in [0.3, 0.4) is 0 Å². The lowest BCUT2D eigenvalue weighted by atomic mass is 9.69.